The molecule has 0 amide bonds. The largest absolute Gasteiger partial charge is 0.480 e. The predicted molar refractivity (Wildman–Crippen MR) is 79.2 cm³/mol. The molecule has 0 rings (SSSR count). The molecule has 0 aromatic carbocycles. The third kappa shape index (κ3) is 10.6. The van der Waals surface area contributed by atoms with Crippen molar-refractivity contribution >= 4 is 29.8 Å². The first kappa shape index (κ1) is 22.3. The van der Waals surface area contributed by atoms with Crippen molar-refractivity contribution in [1.82, 2.24) is 9.80 Å². The van der Waals surface area contributed by atoms with Crippen LogP contribution in [0.25, 0.3) is 0 Å². The molecule has 12 nitrogen and oxygen atoms in total. The van der Waals surface area contributed by atoms with Crippen molar-refractivity contribution in [3.8, 4) is 0 Å². The van der Waals surface area contributed by atoms with E-state index in [1.54, 1.807) is 0 Å². The molecule has 12 heteroatoms. The molecule has 0 fully saturated rings. The molecule has 0 aliphatic carbocycles. The van der Waals surface area contributed by atoms with Gasteiger partial charge in [0.25, 0.3) is 0 Å². The zero-order valence-electron chi connectivity index (χ0n) is 13.2. The Morgan fingerprint density at radius 2 is 1.08 bits per heavy atom. The molecule has 0 bridgehead atoms. The molecule has 1 atom stereocenters. The van der Waals surface area contributed by atoms with Crippen LogP contribution in [-0.4, -0.2) is 104 Å². The molecule has 5 N–H and O–H groups in total. The van der Waals surface area contributed by atoms with Crippen LogP contribution in [0.1, 0.15) is 12.8 Å². The fourth-order valence-corrected chi connectivity index (χ4v) is 2.19. The smallest absolute Gasteiger partial charge is 0.320 e. The molecule has 142 valence electrons. The van der Waals surface area contributed by atoms with Gasteiger partial charge in [-0.2, -0.15) is 0 Å². The fraction of sp³-hybridized carbons (Fsp3) is 0.615. The number of hydrogen-bond donors (Lipinski definition) is 5. The van der Waals surface area contributed by atoms with Crippen LogP contribution in [0.15, 0.2) is 0 Å². The number of rotatable bonds is 14. The maximum Gasteiger partial charge on any atom is 0.320 e. The number of aliphatic carboxylic acids is 5. The van der Waals surface area contributed by atoms with Crippen molar-refractivity contribution in [3.63, 3.8) is 0 Å². The van der Waals surface area contributed by atoms with Crippen molar-refractivity contribution in [2.45, 2.75) is 18.9 Å². The van der Waals surface area contributed by atoms with Crippen LogP contribution in [0.2, 0.25) is 0 Å². The van der Waals surface area contributed by atoms with Gasteiger partial charge in [0.05, 0.1) is 26.2 Å². The lowest BCUT2D eigenvalue weighted by Gasteiger charge is -2.26. The molecule has 1 unspecified atom stereocenters. The van der Waals surface area contributed by atoms with Crippen molar-refractivity contribution in [1.29, 1.82) is 0 Å². The van der Waals surface area contributed by atoms with E-state index in [4.69, 9.17) is 20.4 Å². The summed E-state index contributed by atoms with van der Waals surface area (Å²) in [6, 6.07) is -1.41. The first-order valence-electron chi connectivity index (χ1n) is 7.09. The van der Waals surface area contributed by atoms with Crippen LogP contribution < -0.4 is 0 Å². The summed E-state index contributed by atoms with van der Waals surface area (Å²) in [7, 11) is 0. The van der Waals surface area contributed by atoms with Gasteiger partial charge in [-0.1, -0.05) is 0 Å². The van der Waals surface area contributed by atoms with Gasteiger partial charge in [-0.05, 0) is 19.4 Å². The number of hydrogen-bond acceptors (Lipinski definition) is 7. The van der Waals surface area contributed by atoms with E-state index in [2.05, 4.69) is 0 Å². The van der Waals surface area contributed by atoms with Crippen LogP contribution in [0.5, 0.6) is 0 Å². The molecule has 0 radical (unpaired) electrons. The minimum atomic E-state index is -1.43. The fourth-order valence-electron chi connectivity index (χ4n) is 2.19. The minimum absolute atomic E-state index is 0.0350. The Labute approximate surface area is 141 Å². The van der Waals surface area contributed by atoms with Crippen LogP contribution in [-0.2, 0) is 24.0 Å². The Morgan fingerprint density at radius 3 is 1.40 bits per heavy atom. The zero-order chi connectivity index (χ0) is 19.6. The lowest BCUT2D eigenvalue weighted by atomic mass is 10.1. The van der Waals surface area contributed by atoms with Crippen LogP contribution >= 0.6 is 0 Å². The van der Waals surface area contributed by atoms with Gasteiger partial charge in [0.1, 0.15) is 6.04 Å². The SMILES string of the molecule is O=C(O)CN(CCCC(C(=O)O)N(CC(=O)O)CC(=O)O)CC(=O)O. The van der Waals surface area contributed by atoms with Crippen molar-refractivity contribution in [2.24, 2.45) is 0 Å². The van der Waals surface area contributed by atoms with Crippen LogP contribution in [0, 0.1) is 0 Å². The molecule has 0 aliphatic rings. The molecule has 0 aliphatic heterocycles. The summed E-state index contributed by atoms with van der Waals surface area (Å²) in [6.45, 7) is -2.76. The maximum absolute atomic E-state index is 11.3. The summed E-state index contributed by atoms with van der Waals surface area (Å²) in [4.78, 5) is 56.0. The lowest BCUT2D eigenvalue weighted by molar-refractivity contribution is -0.150. The van der Waals surface area contributed by atoms with Gasteiger partial charge >= 0.3 is 29.8 Å². The van der Waals surface area contributed by atoms with Gasteiger partial charge in [0, 0.05) is 0 Å². The topological polar surface area (TPSA) is 193 Å². The third-order valence-corrected chi connectivity index (χ3v) is 3.07. The van der Waals surface area contributed by atoms with Gasteiger partial charge in [0.2, 0.25) is 0 Å². The minimum Gasteiger partial charge on any atom is -0.480 e. The zero-order valence-corrected chi connectivity index (χ0v) is 13.2. The van der Waals surface area contributed by atoms with Gasteiger partial charge in [-0.25, -0.2) is 0 Å². The summed E-state index contributed by atoms with van der Waals surface area (Å²) in [5.74, 6) is -6.73. The quantitative estimate of drug-likeness (QED) is 0.231. The van der Waals surface area contributed by atoms with E-state index in [1.807, 2.05) is 0 Å². The molecular formula is C13H20N2O10. The van der Waals surface area contributed by atoms with Gasteiger partial charge in [-0.3, -0.25) is 33.8 Å². The highest BCUT2D eigenvalue weighted by Gasteiger charge is 2.29. The molecule has 0 spiro atoms. The molecular weight excluding hydrogens is 344 g/mol. The highest BCUT2D eigenvalue weighted by molar-refractivity contribution is 5.78. The van der Waals surface area contributed by atoms with E-state index < -0.39 is 62.1 Å². The Morgan fingerprint density at radius 1 is 0.680 bits per heavy atom. The Bertz CT molecular complexity index is 489. The van der Waals surface area contributed by atoms with Gasteiger partial charge < -0.3 is 25.5 Å². The number of carbonyl (C=O) groups is 5. The van der Waals surface area contributed by atoms with Gasteiger partial charge in [0.15, 0.2) is 0 Å². The molecule has 0 aromatic heterocycles. The number of nitrogens with zero attached hydrogens (tertiary/aromatic N) is 2. The van der Waals surface area contributed by atoms with E-state index in [0.29, 0.717) is 0 Å². The van der Waals surface area contributed by atoms with Crippen molar-refractivity contribution in [2.75, 3.05) is 32.7 Å². The molecule has 0 heterocycles. The summed E-state index contributed by atoms with van der Waals surface area (Å²) in [5, 5.41) is 44.2. The lowest BCUT2D eigenvalue weighted by Crippen LogP contribution is -2.47. The second-order valence-corrected chi connectivity index (χ2v) is 5.19. The summed E-state index contributed by atoms with van der Waals surface area (Å²) in [5.41, 5.74) is 0. The predicted octanol–water partition coefficient (Wildman–Crippen LogP) is -1.84. The summed E-state index contributed by atoms with van der Waals surface area (Å²) < 4.78 is 0. The van der Waals surface area contributed by atoms with E-state index in [-0.39, 0.29) is 19.4 Å². The average Bonchev–Trinajstić information content (AvgIpc) is 2.39. The average molecular weight is 364 g/mol. The van der Waals surface area contributed by atoms with Crippen LogP contribution in [0.4, 0.5) is 0 Å². The van der Waals surface area contributed by atoms with E-state index >= 15 is 0 Å². The molecule has 0 saturated carbocycles. The first-order chi connectivity index (χ1) is 11.5. The van der Waals surface area contributed by atoms with Crippen molar-refractivity contribution in [3.05, 3.63) is 0 Å². The third-order valence-electron chi connectivity index (χ3n) is 3.07. The van der Waals surface area contributed by atoms with E-state index in [1.165, 1.54) is 0 Å². The monoisotopic (exact) mass is 364 g/mol. The van der Waals surface area contributed by atoms with Crippen molar-refractivity contribution < 1.29 is 49.5 Å². The second-order valence-electron chi connectivity index (χ2n) is 5.19. The Balaban J connectivity index is 4.89. The highest BCUT2D eigenvalue weighted by Crippen LogP contribution is 2.09. The summed E-state index contributed by atoms with van der Waals surface area (Å²) in [6.07, 6.45) is -0.140. The molecule has 0 aromatic rings. The standard InChI is InChI=1S/C13H20N2O10/c16-9(17)4-14(5-10(18)19)3-1-2-8(13(24)25)15(6-11(20)21)7-12(22)23/h8H,1-7H2,(H,16,17)(H,18,19)(H,20,21)(H,22,23)(H,24,25). The summed E-state index contributed by atoms with van der Waals surface area (Å²) >= 11 is 0. The highest BCUT2D eigenvalue weighted by atomic mass is 16.4. The maximum atomic E-state index is 11.3. The number of carboxylic acid groups (broad SMARTS) is 5. The van der Waals surface area contributed by atoms with Crippen LogP contribution in [0.3, 0.4) is 0 Å². The molecule has 25 heavy (non-hydrogen) atoms. The van der Waals surface area contributed by atoms with E-state index in [0.717, 1.165) is 9.80 Å². The van der Waals surface area contributed by atoms with Gasteiger partial charge in [-0.15, -0.1) is 0 Å². The molecule has 0 saturated heterocycles. The van der Waals surface area contributed by atoms with E-state index in [9.17, 15) is 29.1 Å². The Hall–Kier alpha value is -2.73. The number of carboxylic acids is 5. The Kier molecular flexibility index (Phi) is 9.74. The first-order valence-corrected chi connectivity index (χ1v) is 7.09. The normalized spacial score (nSPS) is 12.1. The second kappa shape index (κ2) is 10.9.